The lowest BCUT2D eigenvalue weighted by Crippen LogP contribution is -2.31. The predicted molar refractivity (Wildman–Crippen MR) is 94.5 cm³/mol. The molecule has 0 aromatic carbocycles. The smallest absolute Gasteiger partial charge is 0.322 e. The van der Waals surface area contributed by atoms with Gasteiger partial charge in [0.15, 0.2) is 0 Å². The largest absolute Gasteiger partial charge is 0.348 e. The lowest BCUT2D eigenvalue weighted by Gasteiger charge is -2.13. The van der Waals surface area contributed by atoms with Gasteiger partial charge in [-0.3, -0.25) is 14.9 Å². The normalized spacial score (nSPS) is 17.7. The SMILES string of the molecule is Cc1cc([C@@H](C)NC(=O)Cn2cc(C[C@H]3NC(=O)NC3=O)nn2)c(C)s1. The van der Waals surface area contributed by atoms with Crippen LogP contribution in [0.1, 0.15) is 34.0 Å². The number of thiophene rings is 1. The maximum absolute atomic E-state index is 12.2. The van der Waals surface area contributed by atoms with Gasteiger partial charge < -0.3 is 10.6 Å². The highest BCUT2D eigenvalue weighted by molar-refractivity contribution is 7.12. The van der Waals surface area contributed by atoms with E-state index < -0.39 is 18.0 Å². The Morgan fingerprint density at radius 1 is 1.42 bits per heavy atom. The predicted octanol–water partition coefficient (Wildman–Crippen LogP) is 0.584. The van der Waals surface area contributed by atoms with E-state index in [1.165, 1.54) is 14.4 Å². The van der Waals surface area contributed by atoms with Crippen molar-refractivity contribution in [3.8, 4) is 0 Å². The first-order chi connectivity index (χ1) is 12.3. The van der Waals surface area contributed by atoms with Gasteiger partial charge >= 0.3 is 6.03 Å². The molecule has 10 heteroatoms. The Morgan fingerprint density at radius 3 is 2.81 bits per heavy atom. The van der Waals surface area contributed by atoms with Gasteiger partial charge in [-0.2, -0.15) is 0 Å². The molecule has 2 aromatic rings. The van der Waals surface area contributed by atoms with Crippen molar-refractivity contribution in [3.63, 3.8) is 0 Å². The summed E-state index contributed by atoms with van der Waals surface area (Å²) < 4.78 is 1.41. The number of nitrogens with one attached hydrogen (secondary N) is 3. The Bertz CT molecular complexity index is 858. The van der Waals surface area contributed by atoms with Crippen molar-refractivity contribution in [2.75, 3.05) is 0 Å². The molecule has 138 valence electrons. The molecule has 0 unspecified atom stereocenters. The highest BCUT2D eigenvalue weighted by Gasteiger charge is 2.30. The molecule has 0 spiro atoms. The lowest BCUT2D eigenvalue weighted by molar-refractivity contribution is -0.122. The molecule has 3 N–H and O–H groups in total. The van der Waals surface area contributed by atoms with Crippen molar-refractivity contribution in [1.29, 1.82) is 0 Å². The molecule has 0 bridgehead atoms. The molecular weight excluding hydrogens is 356 g/mol. The monoisotopic (exact) mass is 376 g/mol. The second-order valence-electron chi connectivity index (χ2n) is 6.28. The zero-order valence-electron chi connectivity index (χ0n) is 14.7. The molecule has 3 heterocycles. The molecule has 0 radical (unpaired) electrons. The fourth-order valence-electron chi connectivity index (χ4n) is 2.91. The van der Waals surface area contributed by atoms with E-state index in [0.717, 1.165) is 5.56 Å². The Kier molecular flexibility index (Phi) is 5.03. The Balaban J connectivity index is 1.55. The molecule has 0 aliphatic carbocycles. The number of carbonyl (C=O) groups is 3. The second-order valence-corrected chi connectivity index (χ2v) is 7.75. The van der Waals surface area contributed by atoms with E-state index in [9.17, 15) is 14.4 Å². The van der Waals surface area contributed by atoms with Crippen LogP contribution in [0.4, 0.5) is 4.79 Å². The molecule has 26 heavy (non-hydrogen) atoms. The number of aromatic nitrogens is 3. The van der Waals surface area contributed by atoms with Crippen LogP contribution >= 0.6 is 11.3 Å². The van der Waals surface area contributed by atoms with Crippen LogP contribution < -0.4 is 16.0 Å². The van der Waals surface area contributed by atoms with Gasteiger partial charge in [-0.05, 0) is 32.4 Å². The standard InChI is InChI=1S/C16H20N6O3S/c1-8-4-12(10(3)26-8)9(2)17-14(23)7-22-6-11(20-21-22)5-13-15(24)19-16(25)18-13/h4,6,9,13H,5,7H2,1-3H3,(H,17,23)(H2,18,19,24,25)/t9-,13-/m1/s1. The number of carbonyl (C=O) groups excluding carboxylic acids is 3. The number of imide groups is 1. The fraction of sp³-hybridized carbons (Fsp3) is 0.438. The number of amides is 4. The van der Waals surface area contributed by atoms with Gasteiger partial charge in [0.25, 0.3) is 5.91 Å². The van der Waals surface area contributed by atoms with E-state index >= 15 is 0 Å². The first-order valence-electron chi connectivity index (χ1n) is 8.18. The van der Waals surface area contributed by atoms with Gasteiger partial charge in [-0.1, -0.05) is 5.21 Å². The van der Waals surface area contributed by atoms with E-state index in [0.29, 0.717) is 5.69 Å². The van der Waals surface area contributed by atoms with Gasteiger partial charge in [0.1, 0.15) is 12.6 Å². The first-order valence-corrected chi connectivity index (χ1v) is 9.00. The summed E-state index contributed by atoms with van der Waals surface area (Å²) in [5.41, 5.74) is 1.64. The second kappa shape index (κ2) is 7.24. The Labute approximate surface area is 154 Å². The fourth-order valence-corrected chi connectivity index (χ4v) is 3.94. The van der Waals surface area contributed by atoms with E-state index in [1.54, 1.807) is 17.5 Å². The number of hydrogen-bond acceptors (Lipinski definition) is 6. The number of nitrogens with zero attached hydrogens (tertiary/aromatic N) is 3. The summed E-state index contributed by atoms with van der Waals surface area (Å²) in [6.07, 6.45) is 1.82. The quantitative estimate of drug-likeness (QED) is 0.638. The van der Waals surface area contributed by atoms with Crippen LogP contribution in [0.25, 0.3) is 0 Å². The third kappa shape index (κ3) is 4.07. The maximum atomic E-state index is 12.2. The number of urea groups is 1. The number of rotatable bonds is 6. The van der Waals surface area contributed by atoms with Crippen LogP contribution in [0, 0.1) is 13.8 Å². The van der Waals surface area contributed by atoms with Gasteiger partial charge in [-0.15, -0.1) is 16.4 Å². The van der Waals surface area contributed by atoms with Gasteiger partial charge in [-0.25, -0.2) is 9.48 Å². The van der Waals surface area contributed by atoms with Gasteiger partial charge in [0, 0.05) is 22.4 Å². The number of hydrogen-bond donors (Lipinski definition) is 3. The molecule has 4 amide bonds. The average molecular weight is 376 g/mol. The minimum atomic E-state index is -0.661. The molecule has 3 rings (SSSR count). The molecule has 2 atom stereocenters. The Morgan fingerprint density at radius 2 is 2.19 bits per heavy atom. The zero-order chi connectivity index (χ0) is 18.8. The van der Waals surface area contributed by atoms with Crippen LogP contribution in [0.5, 0.6) is 0 Å². The molecule has 0 saturated carbocycles. The molecule has 1 aliphatic rings. The van der Waals surface area contributed by atoms with Crippen LogP contribution in [0.2, 0.25) is 0 Å². The summed E-state index contributed by atoms with van der Waals surface area (Å²) in [5, 5.41) is 15.5. The highest BCUT2D eigenvalue weighted by Crippen LogP contribution is 2.26. The summed E-state index contributed by atoms with van der Waals surface area (Å²) in [6, 6.07) is 0.818. The zero-order valence-corrected chi connectivity index (χ0v) is 15.5. The molecular formula is C16H20N6O3S. The minimum Gasteiger partial charge on any atom is -0.348 e. The molecule has 9 nitrogen and oxygen atoms in total. The summed E-state index contributed by atoms with van der Waals surface area (Å²) in [4.78, 5) is 37.3. The summed E-state index contributed by atoms with van der Waals surface area (Å²) in [7, 11) is 0. The third-order valence-corrected chi connectivity index (χ3v) is 5.07. The topological polar surface area (TPSA) is 118 Å². The average Bonchev–Trinajstić information content (AvgIpc) is 3.20. The van der Waals surface area contributed by atoms with Gasteiger partial charge in [0.2, 0.25) is 5.91 Å². The minimum absolute atomic E-state index is 0.0305. The summed E-state index contributed by atoms with van der Waals surface area (Å²) in [6.45, 7) is 6.06. The number of aryl methyl sites for hydroxylation is 2. The molecule has 1 aliphatic heterocycles. The maximum Gasteiger partial charge on any atom is 0.322 e. The highest BCUT2D eigenvalue weighted by atomic mass is 32.1. The molecule has 2 aromatic heterocycles. The van der Waals surface area contributed by atoms with Crippen molar-refractivity contribution in [1.82, 2.24) is 30.9 Å². The van der Waals surface area contributed by atoms with Crippen molar-refractivity contribution in [2.45, 2.75) is 45.8 Å². The van der Waals surface area contributed by atoms with E-state index in [-0.39, 0.29) is 24.9 Å². The van der Waals surface area contributed by atoms with Crippen molar-refractivity contribution in [2.24, 2.45) is 0 Å². The summed E-state index contributed by atoms with van der Waals surface area (Å²) >= 11 is 1.71. The van der Waals surface area contributed by atoms with Crippen molar-refractivity contribution < 1.29 is 14.4 Å². The van der Waals surface area contributed by atoms with Crippen molar-refractivity contribution >= 4 is 29.2 Å². The first kappa shape index (κ1) is 18.1. The van der Waals surface area contributed by atoms with E-state index in [2.05, 4.69) is 32.3 Å². The molecule has 1 saturated heterocycles. The van der Waals surface area contributed by atoms with Crippen LogP contribution in [0.3, 0.4) is 0 Å². The van der Waals surface area contributed by atoms with Gasteiger partial charge in [0.05, 0.1) is 11.7 Å². The van der Waals surface area contributed by atoms with Crippen LogP contribution in [-0.4, -0.2) is 38.9 Å². The van der Waals surface area contributed by atoms with Crippen LogP contribution in [0.15, 0.2) is 12.3 Å². The third-order valence-electron chi connectivity index (χ3n) is 4.09. The van der Waals surface area contributed by atoms with Crippen molar-refractivity contribution in [3.05, 3.63) is 33.3 Å². The van der Waals surface area contributed by atoms with E-state index in [1.807, 2.05) is 20.8 Å². The summed E-state index contributed by atoms with van der Waals surface area (Å²) in [5.74, 6) is -0.568. The molecule has 1 fully saturated rings. The van der Waals surface area contributed by atoms with E-state index in [4.69, 9.17) is 0 Å². The Hall–Kier alpha value is -2.75. The lowest BCUT2D eigenvalue weighted by atomic mass is 10.1. The van der Waals surface area contributed by atoms with Crippen LogP contribution in [-0.2, 0) is 22.6 Å².